The van der Waals surface area contributed by atoms with Gasteiger partial charge in [0.15, 0.2) is 0 Å². The van der Waals surface area contributed by atoms with Gasteiger partial charge in [0.2, 0.25) is 15.9 Å². The number of ether oxygens (including phenoxy) is 1. The van der Waals surface area contributed by atoms with Gasteiger partial charge in [0.1, 0.15) is 12.4 Å². The Morgan fingerprint density at radius 3 is 2.44 bits per heavy atom. The fourth-order valence-corrected chi connectivity index (χ4v) is 5.67. The van der Waals surface area contributed by atoms with Crippen LogP contribution in [0, 0.1) is 5.92 Å². The molecule has 2 aromatic rings. The number of halogens is 1. The second-order valence-electron chi connectivity index (χ2n) is 8.39. The summed E-state index contributed by atoms with van der Waals surface area (Å²) in [6.07, 6.45) is 1.06. The Morgan fingerprint density at radius 1 is 1.12 bits per heavy atom. The third-order valence-corrected chi connectivity index (χ3v) is 8.06. The Morgan fingerprint density at radius 2 is 1.78 bits per heavy atom. The third-order valence-electron chi connectivity index (χ3n) is 5.68. The van der Waals surface area contributed by atoms with Gasteiger partial charge in [-0.3, -0.25) is 4.79 Å². The van der Waals surface area contributed by atoms with Crippen LogP contribution in [0.2, 0.25) is 0 Å². The largest absolute Gasteiger partial charge is 0.491 e. The predicted molar refractivity (Wildman–Crippen MR) is 130 cm³/mol. The molecule has 6 nitrogen and oxygen atoms in total. The monoisotopic (exact) mass is 522 g/mol. The summed E-state index contributed by atoms with van der Waals surface area (Å²) in [6, 6.07) is 15.2. The van der Waals surface area contributed by atoms with Crippen molar-refractivity contribution in [2.24, 2.45) is 5.92 Å². The van der Waals surface area contributed by atoms with Gasteiger partial charge >= 0.3 is 0 Å². The number of nitrogens with zero attached hydrogens (tertiary/aromatic N) is 1. The average molecular weight is 523 g/mol. The van der Waals surface area contributed by atoms with Crippen molar-refractivity contribution in [2.45, 2.75) is 38.4 Å². The number of carbonyl (C=O) groups is 1. The lowest BCUT2D eigenvalue weighted by Crippen LogP contribution is -2.43. The van der Waals surface area contributed by atoms with Gasteiger partial charge in [0.25, 0.3) is 0 Å². The molecule has 0 aromatic heterocycles. The van der Waals surface area contributed by atoms with Crippen molar-refractivity contribution < 1.29 is 17.9 Å². The van der Waals surface area contributed by atoms with E-state index in [1.807, 2.05) is 42.5 Å². The van der Waals surface area contributed by atoms with Crippen LogP contribution in [0.5, 0.6) is 5.75 Å². The van der Waals surface area contributed by atoms with Gasteiger partial charge in [0, 0.05) is 23.5 Å². The summed E-state index contributed by atoms with van der Waals surface area (Å²) in [5.41, 5.74) is 1.91. The van der Waals surface area contributed by atoms with Crippen LogP contribution in [-0.2, 0) is 20.6 Å². The van der Waals surface area contributed by atoms with Crippen LogP contribution in [0.15, 0.2) is 53.0 Å². The normalized spacial score (nSPS) is 15.6. The van der Waals surface area contributed by atoms with Crippen molar-refractivity contribution in [1.29, 1.82) is 0 Å². The number of hydrogen-bond donors (Lipinski definition) is 1. The minimum absolute atomic E-state index is 0.0215. The molecule has 0 unspecified atom stereocenters. The number of carbonyl (C=O) groups excluding carboxylic acids is 1. The van der Waals surface area contributed by atoms with Crippen LogP contribution in [0.3, 0.4) is 0 Å². The zero-order valence-electron chi connectivity index (χ0n) is 18.6. The number of nitrogens with one attached hydrogen (secondary N) is 1. The highest BCUT2D eigenvalue weighted by Crippen LogP contribution is 2.26. The second kappa shape index (κ2) is 11.3. The van der Waals surface area contributed by atoms with Gasteiger partial charge in [-0.2, -0.15) is 0 Å². The molecule has 0 aliphatic carbocycles. The second-order valence-corrected chi connectivity index (χ2v) is 11.3. The minimum atomic E-state index is -3.39. The van der Waals surface area contributed by atoms with Crippen LogP contribution < -0.4 is 10.1 Å². The van der Waals surface area contributed by atoms with Crippen molar-refractivity contribution in [3.8, 4) is 5.75 Å². The highest BCUT2D eigenvalue weighted by molar-refractivity contribution is 9.10. The van der Waals surface area contributed by atoms with E-state index in [1.54, 1.807) is 0 Å². The van der Waals surface area contributed by atoms with Crippen LogP contribution in [0.4, 0.5) is 0 Å². The SMILES string of the molecule is CC(C)c1ccccc1OCCNC(=O)C1CCN(S(=O)(=O)Cc2ccc(Br)cc2)CC1. The van der Waals surface area contributed by atoms with Gasteiger partial charge in [-0.25, -0.2) is 12.7 Å². The zero-order valence-corrected chi connectivity index (χ0v) is 21.0. The first-order valence-corrected chi connectivity index (χ1v) is 13.4. The first-order chi connectivity index (χ1) is 15.3. The number of benzene rings is 2. The highest BCUT2D eigenvalue weighted by Gasteiger charge is 2.31. The zero-order chi connectivity index (χ0) is 23.1. The Kier molecular flexibility index (Phi) is 8.73. The maximum Gasteiger partial charge on any atom is 0.223 e. The summed E-state index contributed by atoms with van der Waals surface area (Å²) in [7, 11) is -3.39. The Bertz CT molecular complexity index is 1000. The van der Waals surface area contributed by atoms with E-state index in [1.165, 1.54) is 4.31 Å². The van der Waals surface area contributed by atoms with Gasteiger partial charge in [0.05, 0.1) is 12.3 Å². The standard InChI is InChI=1S/C24H31BrN2O4S/c1-18(2)22-5-3-4-6-23(22)31-16-13-26-24(28)20-11-14-27(15-12-20)32(29,30)17-19-7-9-21(25)10-8-19/h3-10,18,20H,11-17H2,1-2H3,(H,26,28). The average Bonchev–Trinajstić information content (AvgIpc) is 2.78. The van der Waals surface area contributed by atoms with Crippen molar-refractivity contribution >= 4 is 31.9 Å². The number of rotatable bonds is 9. The molecule has 0 spiro atoms. The Labute approximate surface area is 199 Å². The third kappa shape index (κ3) is 6.80. The molecule has 1 aliphatic rings. The van der Waals surface area contributed by atoms with E-state index in [0.29, 0.717) is 45.0 Å². The van der Waals surface area contributed by atoms with Gasteiger partial charge in [-0.1, -0.05) is 60.1 Å². The number of amides is 1. The lowest BCUT2D eigenvalue weighted by molar-refractivity contribution is -0.126. The fraction of sp³-hybridized carbons (Fsp3) is 0.458. The van der Waals surface area contributed by atoms with E-state index >= 15 is 0 Å². The number of sulfonamides is 1. The first-order valence-electron chi connectivity index (χ1n) is 11.0. The molecule has 1 fully saturated rings. The van der Waals surface area contributed by atoms with E-state index in [4.69, 9.17) is 4.74 Å². The molecule has 0 saturated carbocycles. The van der Waals surface area contributed by atoms with E-state index in [2.05, 4.69) is 41.2 Å². The van der Waals surface area contributed by atoms with E-state index in [-0.39, 0.29) is 17.6 Å². The number of hydrogen-bond acceptors (Lipinski definition) is 4. The van der Waals surface area contributed by atoms with Gasteiger partial charge in [-0.05, 0) is 48.1 Å². The number of para-hydroxylation sites is 1. The van der Waals surface area contributed by atoms with Gasteiger partial charge < -0.3 is 10.1 Å². The predicted octanol–water partition coefficient (Wildman–Crippen LogP) is 4.31. The molecule has 1 saturated heterocycles. The summed E-state index contributed by atoms with van der Waals surface area (Å²) in [4.78, 5) is 12.5. The maximum atomic E-state index is 12.7. The Balaban J connectivity index is 1.42. The van der Waals surface area contributed by atoms with Crippen molar-refractivity contribution in [3.05, 3.63) is 64.1 Å². The van der Waals surface area contributed by atoms with E-state index < -0.39 is 10.0 Å². The summed E-state index contributed by atoms with van der Waals surface area (Å²) in [6.45, 7) is 5.80. The molecule has 0 atom stereocenters. The van der Waals surface area contributed by atoms with E-state index in [9.17, 15) is 13.2 Å². The van der Waals surface area contributed by atoms with Crippen LogP contribution in [-0.4, -0.2) is 44.9 Å². The first kappa shape index (κ1) is 24.7. The minimum Gasteiger partial charge on any atom is -0.491 e. The lowest BCUT2D eigenvalue weighted by atomic mass is 9.97. The molecule has 174 valence electrons. The van der Waals surface area contributed by atoms with Crippen LogP contribution in [0.25, 0.3) is 0 Å². The summed E-state index contributed by atoms with van der Waals surface area (Å²) in [5.74, 6) is 0.992. The molecule has 1 amide bonds. The smallest absolute Gasteiger partial charge is 0.223 e. The Hall–Kier alpha value is -1.90. The topological polar surface area (TPSA) is 75.7 Å². The summed E-state index contributed by atoms with van der Waals surface area (Å²) < 4.78 is 33.7. The quantitative estimate of drug-likeness (QED) is 0.497. The molecule has 2 aromatic carbocycles. The van der Waals surface area contributed by atoms with Gasteiger partial charge in [-0.15, -0.1) is 0 Å². The molecular formula is C24H31BrN2O4S. The summed E-state index contributed by atoms with van der Waals surface area (Å²) >= 11 is 3.36. The highest BCUT2D eigenvalue weighted by atomic mass is 79.9. The summed E-state index contributed by atoms with van der Waals surface area (Å²) in [5, 5.41) is 2.93. The van der Waals surface area contributed by atoms with Crippen molar-refractivity contribution in [3.63, 3.8) is 0 Å². The van der Waals surface area contributed by atoms with Crippen molar-refractivity contribution in [2.75, 3.05) is 26.2 Å². The molecular weight excluding hydrogens is 492 g/mol. The maximum absolute atomic E-state index is 12.7. The molecule has 0 bridgehead atoms. The fourth-order valence-electron chi connectivity index (χ4n) is 3.85. The molecule has 1 heterocycles. The molecule has 32 heavy (non-hydrogen) atoms. The lowest BCUT2D eigenvalue weighted by Gasteiger charge is -2.30. The van der Waals surface area contributed by atoms with Crippen LogP contribution in [0.1, 0.15) is 43.7 Å². The molecule has 8 heteroatoms. The van der Waals surface area contributed by atoms with E-state index in [0.717, 1.165) is 21.3 Å². The molecule has 1 N–H and O–H groups in total. The van der Waals surface area contributed by atoms with Crippen molar-refractivity contribution in [1.82, 2.24) is 9.62 Å². The molecule has 3 rings (SSSR count). The number of piperidine rings is 1. The molecule has 0 radical (unpaired) electrons. The van der Waals surface area contributed by atoms with Crippen LogP contribution >= 0.6 is 15.9 Å². The molecule has 1 aliphatic heterocycles.